The second-order valence-corrected chi connectivity index (χ2v) is 6.33. The Balaban J connectivity index is 2.06. The Morgan fingerprint density at radius 3 is 2.38 bits per heavy atom. The maximum Gasteiger partial charge on any atom is 0.435 e. The third-order valence-corrected chi connectivity index (χ3v) is 4.07. The van der Waals surface area contributed by atoms with E-state index in [4.69, 9.17) is 0 Å². The second kappa shape index (κ2) is 6.67. The van der Waals surface area contributed by atoms with Crippen molar-refractivity contribution in [2.45, 2.75) is 32.1 Å². The highest BCUT2D eigenvalue weighted by atomic mass is 19.4. The van der Waals surface area contributed by atoms with Gasteiger partial charge in [0, 0.05) is 25.2 Å². The zero-order chi connectivity index (χ0) is 19.1. The largest absolute Gasteiger partial charge is 0.435 e. The van der Waals surface area contributed by atoms with Crippen LogP contribution in [-0.4, -0.2) is 51.0 Å². The van der Waals surface area contributed by atoms with E-state index in [1.165, 1.54) is 17.0 Å². The predicted molar refractivity (Wildman–Crippen MR) is 84.3 cm³/mol. The molecule has 0 spiro atoms. The molecule has 0 aliphatic carbocycles. The number of hydrogen-bond acceptors (Lipinski definition) is 4. The van der Waals surface area contributed by atoms with Crippen molar-refractivity contribution >= 4 is 5.91 Å². The summed E-state index contributed by atoms with van der Waals surface area (Å²) < 4.78 is 55.2. The van der Waals surface area contributed by atoms with E-state index in [-0.39, 0.29) is 25.2 Å². The van der Waals surface area contributed by atoms with Crippen LogP contribution in [0.5, 0.6) is 0 Å². The third kappa shape index (κ3) is 3.41. The van der Waals surface area contributed by atoms with Crippen LogP contribution in [0.1, 0.15) is 30.0 Å². The summed E-state index contributed by atoms with van der Waals surface area (Å²) in [5, 5.41) is 10.0. The summed E-state index contributed by atoms with van der Waals surface area (Å²) in [6.45, 7) is 4.15. The molecule has 0 bridgehead atoms. The fourth-order valence-corrected chi connectivity index (χ4v) is 3.11. The Kier molecular flexibility index (Phi) is 4.70. The highest BCUT2D eigenvalue weighted by Gasteiger charge is 2.43. The van der Waals surface area contributed by atoms with Gasteiger partial charge in [-0.15, -0.1) is 5.10 Å². The molecule has 2 aromatic rings. The highest BCUT2D eigenvalue weighted by molar-refractivity contribution is 5.93. The Hall–Kier alpha value is -2.49. The van der Waals surface area contributed by atoms with E-state index >= 15 is 0 Å². The number of amides is 1. The monoisotopic (exact) mass is 371 g/mol. The van der Waals surface area contributed by atoms with Gasteiger partial charge in [0.15, 0.2) is 11.4 Å². The summed E-state index contributed by atoms with van der Waals surface area (Å²) in [5.41, 5.74) is -2.64. The lowest BCUT2D eigenvalue weighted by atomic mass is 10.1. The third-order valence-electron chi connectivity index (χ3n) is 4.07. The van der Waals surface area contributed by atoms with Crippen molar-refractivity contribution in [3.63, 3.8) is 0 Å². The first kappa shape index (κ1) is 18.3. The molecule has 1 aromatic heterocycles. The van der Waals surface area contributed by atoms with Crippen LogP contribution in [0, 0.1) is 5.82 Å². The van der Waals surface area contributed by atoms with E-state index in [0.29, 0.717) is 4.68 Å². The van der Waals surface area contributed by atoms with E-state index < -0.39 is 35.0 Å². The van der Waals surface area contributed by atoms with Crippen molar-refractivity contribution in [1.29, 1.82) is 0 Å². The number of benzene rings is 1. The van der Waals surface area contributed by atoms with Gasteiger partial charge in [-0.25, -0.2) is 9.07 Å². The molecular formula is C16H17F4N5O. The van der Waals surface area contributed by atoms with Crippen molar-refractivity contribution in [2.75, 3.05) is 13.1 Å². The predicted octanol–water partition coefficient (Wildman–Crippen LogP) is 2.25. The normalized spacial score (nSPS) is 21.1. The van der Waals surface area contributed by atoms with Gasteiger partial charge in [0.25, 0.3) is 5.91 Å². The van der Waals surface area contributed by atoms with Crippen LogP contribution in [0.25, 0.3) is 5.69 Å². The SMILES string of the molecule is C[C@@H]1CN(C(=O)c2nnn(-c3ccccc3F)c2C(F)(F)F)C[C@H](C)N1. The zero-order valence-electron chi connectivity index (χ0n) is 14.1. The number of alkyl halides is 3. The van der Waals surface area contributed by atoms with Gasteiger partial charge in [0.05, 0.1) is 0 Å². The molecule has 1 fully saturated rings. The van der Waals surface area contributed by atoms with Crippen LogP contribution in [0.2, 0.25) is 0 Å². The smallest absolute Gasteiger partial charge is 0.334 e. The lowest BCUT2D eigenvalue weighted by molar-refractivity contribution is -0.143. The summed E-state index contributed by atoms with van der Waals surface area (Å²) in [5.74, 6) is -1.77. The molecule has 1 N–H and O–H groups in total. The van der Waals surface area contributed by atoms with E-state index in [2.05, 4.69) is 15.6 Å². The quantitative estimate of drug-likeness (QED) is 0.823. The number of nitrogens with one attached hydrogen (secondary N) is 1. The van der Waals surface area contributed by atoms with Gasteiger partial charge < -0.3 is 10.2 Å². The minimum Gasteiger partial charge on any atom is -0.334 e. The van der Waals surface area contributed by atoms with Gasteiger partial charge >= 0.3 is 6.18 Å². The molecule has 6 nitrogen and oxygen atoms in total. The Morgan fingerprint density at radius 2 is 1.81 bits per heavy atom. The lowest BCUT2D eigenvalue weighted by Crippen LogP contribution is -2.56. The van der Waals surface area contributed by atoms with E-state index in [0.717, 1.165) is 12.1 Å². The molecule has 1 aliphatic rings. The molecular weight excluding hydrogens is 354 g/mol. The first-order chi connectivity index (χ1) is 12.2. The van der Waals surface area contributed by atoms with Gasteiger partial charge in [-0.2, -0.15) is 13.2 Å². The zero-order valence-corrected chi connectivity index (χ0v) is 14.1. The molecule has 3 rings (SSSR count). The summed E-state index contributed by atoms with van der Waals surface area (Å²) in [4.78, 5) is 14.0. The molecule has 1 amide bonds. The average molecular weight is 371 g/mol. The fourth-order valence-electron chi connectivity index (χ4n) is 3.11. The summed E-state index contributed by atoms with van der Waals surface area (Å²) in [6.07, 6.45) is -4.93. The molecule has 140 valence electrons. The standard InChI is InChI=1S/C16H17F4N5O/c1-9-7-24(8-10(2)21-9)15(26)13-14(16(18,19)20)25(23-22-13)12-6-4-3-5-11(12)17/h3-6,9-10,21H,7-8H2,1-2H3/t9-,10+. The molecule has 0 radical (unpaired) electrons. The van der Waals surface area contributed by atoms with Crippen LogP contribution in [0.15, 0.2) is 24.3 Å². The molecule has 1 aromatic carbocycles. The Morgan fingerprint density at radius 1 is 1.19 bits per heavy atom. The number of nitrogens with zero attached hydrogens (tertiary/aromatic N) is 4. The number of hydrogen-bond donors (Lipinski definition) is 1. The topological polar surface area (TPSA) is 63.1 Å². The number of aromatic nitrogens is 3. The highest BCUT2D eigenvalue weighted by Crippen LogP contribution is 2.33. The molecule has 0 unspecified atom stereocenters. The number of halogens is 4. The molecule has 2 atom stereocenters. The minimum absolute atomic E-state index is 0.0707. The number of carbonyl (C=O) groups excluding carboxylic acids is 1. The summed E-state index contributed by atoms with van der Waals surface area (Å²) in [7, 11) is 0. The summed E-state index contributed by atoms with van der Waals surface area (Å²) in [6, 6.07) is 4.73. The molecule has 1 aliphatic heterocycles. The van der Waals surface area contributed by atoms with Crippen LogP contribution in [0.3, 0.4) is 0 Å². The van der Waals surface area contributed by atoms with Crippen LogP contribution >= 0.6 is 0 Å². The molecule has 10 heteroatoms. The summed E-state index contributed by atoms with van der Waals surface area (Å²) >= 11 is 0. The van der Waals surface area contributed by atoms with Gasteiger partial charge in [0.1, 0.15) is 11.5 Å². The first-order valence-electron chi connectivity index (χ1n) is 8.01. The number of carbonyl (C=O) groups is 1. The van der Waals surface area contributed by atoms with E-state index in [9.17, 15) is 22.4 Å². The minimum atomic E-state index is -4.93. The second-order valence-electron chi connectivity index (χ2n) is 6.33. The maximum absolute atomic E-state index is 14.0. The van der Waals surface area contributed by atoms with Gasteiger partial charge in [0.2, 0.25) is 0 Å². The van der Waals surface area contributed by atoms with Crippen LogP contribution in [0.4, 0.5) is 17.6 Å². The van der Waals surface area contributed by atoms with E-state index in [1.54, 1.807) is 0 Å². The molecule has 1 saturated heterocycles. The van der Waals surface area contributed by atoms with Crippen LogP contribution in [-0.2, 0) is 6.18 Å². The van der Waals surface area contributed by atoms with Crippen molar-refractivity contribution in [2.24, 2.45) is 0 Å². The van der Waals surface area contributed by atoms with E-state index in [1.807, 2.05) is 13.8 Å². The molecule has 0 saturated carbocycles. The van der Waals surface area contributed by atoms with Crippen molar-refractivity contribution in [1.82, 2.24) is 25.2 Å². The fraction of sp³-hybridized carbons (Fsp3) is 0.438. The van der Waals surface area contributed by atoms with Gasteiger partial charge in [-0.05, 0) is 26.0 Å². The number of para-hydroxylation sites is 1. The van der Waals surface area contributed by atoms with Crippen molar-refractivity contribution < 1.29 is 22.4 Å². The van der Waals surface area contributed by atoms with Gasteiger partial charge in [-0.3, -0.25) is 4.79 Å². The number of piperazine rings is 1. The average Bonchev–Trinajstić information content (AvgIpc) is 2.98. The Labute approximate surface area is 146 Å². The van der Waals surface area contributed by atoms with Crippen molar-refractivity contribution in [3.8, 4) is 5.69 Å². The molecule has 2 heterocycles. The Bertz CT molecular complexity index is 809. The van der Waals surface area contributed by atoms with Gasteiger partial charge in [-0.1, -0.05) is 17.3 Å². The lowest BCUT2D eigenvalue weighted by Gasteiger charge is -2.35. The molecule has 26 heavy (non-hydrogen) atoms. The number of rotatable bonds is 2. The van der Waals surface area contributed by atoms with Crippen LogP contribution < -0.4 is 5.32 Å². The van der Waals surface area contributed by atoms with Crippen molar-refractivity contribution in [3.05, 3.63) is 41.5 Å². The first-order valence-corrected chi connectivity index (χ1v) is 8.01. The maximum atomic E-state index is 14.0.